The fraction of sp³-hybridized carbons (Fsp3) is 0.412. The van der Waals surface area contributed by atoms with Crippen molar-refractivity contribution >= 4 is 11.9 Å². The molecule has 2 heterocycles. The molecule has 0 radical (unpaired) electrons. The maximum Gasteiger partial charge on any atom is 0.325 e. The summed E-state index contributed by atoms with van der Waals surface area (Å²) >= 11 is 0. The van der Waals surface area contributed by atoms with Crippen LogP contribution in [0.3, 0.4) is 0 Å². The summed E-state index contributed by atoms with van der Waals surface area (Å²) in [5.74, 6) is -0.502. The number of urea groups is 1. The summed E-state index contributed by atoms with van der Waals surface area (Å²) in [7, 11) is 0. The van der Waals surface area contributed by atoms with Gasteiger partial charge in [0.1, 0.15) is 11.4 Å². The van der Waals surface area contributed by atoms with Crippen LogP contribution in [-0.2, 0) is 22.3 Å². The number of hydrogen-bond donors (Lipinski definition) is 1. The van der Waals surface area contributed by atoms with Gasteiger partial charge >= 0.3 is 6.03 Å². The van der Waals surface area contributed by atoms with Crippen molar-refractivity contribution in [1.29, 1.82) is 0 Å². The Labute approximate surface area is 144 Å². The molecule has 1 atom stereocenters. The van der Waals surface area contributed by atoms with E-state index in [9.17, 15) is 14.0 Å². The van der Waals surface area contributed by atoms with Gasteiger partial charge in [-0.05, 0) is 13.0 Å². The van der Waals surface area contributed by atoms with E-state index in [-0.39, 0.29) is 23.3 Å². The fourth-order valence-electron chi connectivity index (χ4n) is 2.65. The van der Waals surface area contributed by atoms with Crippen LogP contribution in [0.4, 0.5) is 9.18 Å². The highest BCUT2D eigenvalue weighted by Crippen LogP contribution is 2.31. The quantitative estimate of drug-likeness (QED) is 0.863. The van der Waals surface area contributed by atoms with Crippen molar-refractivity contribution < 1.29 is 18.5 Å². The number of carbonyl (C=O) groups excluding carboxylic acids is 2. The molecule has 0 bridgehead atoms. The van der Waals surface area contributed by atoms with E-state index in [0.29, 0.717) is 5.89 Å². The van der Waals surface area contributed by atoms with Gasteiger partial charge in [-0.2, -0.15) is 4.98 Å². The van der Waals surface area contributed by atoms with Gasteiger partial charge in [-0.1, -0.05) is 44.1 Å². The van der Waals surface area contributed by atoms with Crippen molar-refractivity contribution in [2.45, 2.75) is 45.2 Å². The van der Waals surface area contributed by atoms with Crippen molar-refractivity contribution in [3.63, 3.8) is 0 Å². The van der Waals surface area contributed by atoms with Crippen LogP contribution in [-0.4, -0.2) is 27.0 Å². The summed E-state index contributed by atoms with van der Waals surface area (Å²) in [5, 5.41) is 6.37. The van der Waals surface area contributed by atoms with Gasteiger partial charge in [0.15, 0.2) is 5.82 Å². The predicted octanol–water partition coefficient (Wildman–Crippen LogP) is 2.47. The van der Waals surface area contributed by atoms with Crippen LogP contribution >= 0.6 is 0 Å². The Morgan fingerprint density at radius 3 is 2.56 bits per heavy atom. The number of aromatic nitrogens is 2. The van der Waals surface area contributed by atoms with Crippen LogP contribution < -0.4 is 5.32 Å². The third kappa shape index (κ3) is 2.88. The zero-order chi connectivity index (χ0) is 18.4. The largest absolute Gasteiger partial charge is 0.339 e. The standard InChI is InChI=1S/C17H19FN4O3/c1-16(2,3)13-19-12(21-25-13)9-22-14(23)17(4,20-15(22)24)10-7-5-6-8-11(10)18/h5-8H,9H2,1-4H3,(H,20,24)/t17-/m0/s1. The van der Waals surface area contributed by atoms with Crippen LogP contribution in [0.2, 0.25) is 0 Å². The molecule has 7 nitrogen and oxygen atoms in total. The average Bonchev–Trinajstić information content (AvgIpc) is 3.08. The second kappa shape index (κ2) is 5.65. The maximum atomic E-state index is 14.1. The van der Waals surface area contributed by atoms with Crippen LogP contribution in [0.15, 0.2) is 28.8 Å². The smallest absolute Gasteiger partial charge is 0.325 e. The molecule has 1 aromatic carbocycles. The second-order valence-corrected chi connectivity index (χ2v) is 7.19. The first kappa shape index (κ1) is 17.1. The monoisotopic (exact) mass is 346 g/mol. The van der Waals surface area contributed by atoms with Crippen molar-refractivity contribution in [2.75, 3.05) is 0 Å². The minimum atomic E-state index is -1.47. The fourth-order valence-corrected chi connectivity index (χ4v) is 2.65. The van der Waals surface area contributed by atoms with Gasteiger partial charge < -0.3 is 9.84 Å². The first-order valence-electron chi connectivity index (χ1n) is 7.85. The summed E-state index contributed by atoms with van der Waals surface area (Å²) in [5.41, 5.74) is -1.71. The number of amides is 3. The Kier molecular flexibility index (Phi) is 3.85. The zero-order valence-corrected chi connectivity index (χ0v) is 14.5. The van der Waals surface area contributed by atoms with Gasteiger partial charge in [0.25, 0.3) is 5.91 Å². The Balaban J connectivity index is 1.87. The van der Waals surface area contributed by atoms with Crippen LogP contribution in [0.1, 0.15) is 45.0 Å². The molecule has 3 rings (SSSR count). The van der Waals surface area contributed by atoms with Gasteiger partial charge in [-0.15, -0.1) is 0 Å². The molecule has 1 aromatic heterocycles. The molecule has 1 fully saturated rings. The third-order valence-electron chi connectivity index (χ3n) is 4.10. The van der Waals surface area contributed by atoms with E-state index in [4.69, 9.17) is 4.52 Å². The molecule has 1 saturated heterocycles. The van der Waals surface area contributed by atoms with Crippen LogP contribution in [0.5, 0.6) is 0 Å². The topological polar surface area (TPSA) is 88.3 Å². The number of nitrogens with zero attached hydrogens (tertiary/aromatic N) is 3. The molecule has 0 saturated carbocycles. The van der Waals surface area contributed by atoms with E-state index in [2.05, 4.69) is 15.5 Å². The molecule has 0 aliphatic carbocycles. The predicted molar refractivity (Wildman–Crippen MR) is 85.8 cm³/mol. The average molecular weight is 346 g/mol. The number of rotatable bonds is 3. The van der Waals surface area contributed by atoms with E-state index < -0.39 is 23.3 Å². The molecule has 0 spiro atoms. The number of hydrogen-bond acceptors (Lipinski definition) is 5. The molecule has 0 unspecified atom stereocenters. The third-order valence-corrected chi connectivity index (χ3v) is 4.10. The lowest BCUT2D eigenvalue weighted by atomic mass is 9.91. The number of benzene rings is 1. The Morgan fingerprint density at radius 1 is 1.28 bits per heavy atom. The SMILES string of the molecule is CC(C)(C)c1nc(CN2C(=O)N[C@@](C)(c3ccccc3F)C2=O)no1. The highest BCUT2D eigenvalue weighted by atomic mass is 19.1. The van der Waals surface area contributed by atoms with Gasteiger partial charge in [0.05, 0.1) is 6.54 Å². The summed E-state index contributed by atoms with van der Waals surface area (Å²) in [6.07, 6.45) is 0. The molecule has 3 amide bonds. The lowest BCUT2D eigenvalue weighted by Gasteiger charge is -2.22. The van der Waals surface area contributed by atoms with E-state index in [1.165, 1.54) is 25.1 Å². The van der Waals surface area contributed by atoms with Gasteiger partial charge in [0, 0.05) is 11.0 Å². The second-order valence-electron chi connectivity index (χ2n) is 7.19. The lowest BCUT2D eigenvalue weighted by Crippen LogP contribution is -2.41. The van der Waals surface area contributed by atoms with Crippen molar-refractivity contribution in [3.8, 4) is 0 Å². The minimum absolute atomic E-state index is 0.111. The zero-order valence-electron chi connectivity index (χ0n) is 14.5. The van der Waals surface area contributed by atoms with Gasteiger partial charge in [-0.25, -0.2) is 9.18 Å². The number of carbonyl (C=O) groups is 2. The van der Waals surface area contributed by atoms with Gasteiger partial charge in [-0.3, -0.25) is 9.69 Å². The first-order chi connectivity index (χ1) is 11.6. The minimum Gasteiger partial charge on any atom is -0.339 e. The van der Waals surface area contributed by atoms with Crippen LogP contribution in [0, 0.1) is 5.82 Å². The number of imide groups is 1. The molecule has 1 aliphatic heterocycles. The van der Waals surface area contributed by atoms with E-state index in [0.717, 1.165) is 4.90 Å². The van der Waals surface area contributed by atoms with E-state index in [1.807, 2.05) is 20.8 Å². The van der Waals surface area contributed by atoms with Crippen LogP contribution in [0.25, 0.3) is 0 Å². The molecule has 25 heavy (non-hydrogen) atoms. The molecule has 2 aromatic rings. The summed E-state index contributed by atoms with van der Waals surface area (Å²) in [4.78, 5) is 30.3. The summed E-state index contributed by atoms with van der Waals surface area (Å²) in [6.45, 7) is 7.06. The van der Waals surface area contributed by atoms with Gasteiger partial charge in [0.2, 0.25) is 5.89 Å². The normalized spacial score (nSPS) is 20.9. The summed E-state index contributed by atoms with van der Waals surface area (Å²) in [6, 6.07) is 5.23. The molecular formula is C17H19FN4O3. The number of nitrogens with one attached hydrogen (secondary N) is 1. The van der Waals surface area contributed by atoms with Crippen molar-refractivity contribution in [2.24, 2.45) is 0 Å². The molecular weight excluding hydrogens is 327 g/mol. The Bertz CT molecular complexity index is 842. The van der Waals surface area contributed by atoms with E-state index >= 15 is 0 Å². The summed E-state index contributed by atoms with van der Waals surface area (Å²) < 4.78 is 19.3. The molecule has 8 heteroatoms. The highest BCUT2D eigenvalue weighted by molar-refractivity contribution is 6.07. The van der Waals surface area contributed by atoms with E-state index in [1.54, 1.807) is 6.07 Å². The van der Waals surface area contributed by atoms with Crippen molar-refractivity contribution in [1.82, 2.24) is 20.4 Å². The molecule has 1 aliphatic rings. The number of halogens is 1. The van der Waals surface area contributed by atoms with Crippen molar-refractivity contribution in [3.05, 3.63) is 47.4 Å². The molecule has 1 N–H and O–H groups in total. The highest BCUT2D eigenvalue weighted by Gasteiger charge is 2.50. The Hall–Kier alpha value is -2.77. The lowest BCUT2D eigenvalue weighted by molar-refractivity contribution is -0.131. The Morgan fingerprint density at radius 2 is 1.96 bits per heavy atom. The first-order valence-corrected chi connectivity index (χ1v) is 7.85. The maximum absolute atomic E-state index is 14.1. The molecule has 132 valence electrons.